The summed E-state index contributed by atoms with van der Waals surface area (Å²) in [4.78, 5) is 27.2. The molecule has 27 heavy (non-hydrogen) atoms. The molecule has 2 aromatic heterocycles. The van der Waals surface area contributed by atoms with Crippen LogP contribution in [0.15, 0.2) is 30.5 Å². The maximum atomic E-state index is 11.7. The summed E-state index contributed by atoms with van der Waals surface area (Å²) in [5, 5.41) is 16.4. The van der Waals surface area contributed by atoms with Gasteiger partial charge in [0, 0.05) is 11.8 Å². The standard InChI is InChI=1S/C17H15ClN4O5/c1-3-27-17(25)20-16-19-14-11(15(23)24)6-10(8-22(14)21-16)9-4-5-13(26-2)12(18)7-9/h4-8H,3H2,1-2H3,(H,23,24)(H,20,21,25). The minimum absolute atomic E-state index is 0.0686. The van der Waals surface area contributed by atoms with Crippen LogP contribution >= 0.6 is 11.6 Å². The molecule has 2 N–H and O–H groups in total. The molecule has 0 saturated carbocycles. The molecular weight excluding hydrogens is 376 g/mol. The molecule has 0 saturated heterocycles. The predicted molar refractivity (Wildman–Crippen MR) is 97.6 cm³/mol. The Balaban J connectivity index is 2.08. The Morgan fingerprint density at radius 2 is 2.07 bits per heavy atom. The van der Waals surface area contributed by atoms with Gasteiger partial charge >= 0.3 is 12.1 Å². The van der Waals surface area contributed by atoms with E-state index in [4.69, 9.17) is 21.1 Å². The fourth-order valence-electron chi connectivity index (χ4n) is 2.46. The van der Waals surface area contributed by atoms with Crippen LogP contribution in [0.4, 0.5) is 10.7 Å². The van der Waals surface area contributed by atoms with Crippen molar-refractivity contribution >= 4 is 35.3 Å². The van der Waals surface area contributed by atoms with Gasteiger partial charge in [0.1, 0.15) is 11.3 Å². The molecule has 0 unspecified atom stereocenters. The number of hydrogen-bond acceptors (Lipinski definition) is 6. The molecule has 3 aromatic rings. The minimum atomic E-state index is -1.18. The average Bonchev–Trinajstić information content (AvgIpc) is 3.02. The number of carboxylic acids is 1. The number of rotatable bonds is 5. The van der Waals surface area contributed by atoms with Crippen molar-refractivity contribution in [1.82, 2.24) is 14.6 Å². The number of anilines is 1. The fraction of sp³-hybridized carbons (Fsp3) is 0.176. The van der Waals surface area contributed by atoms with Crippen molar-refractivity contribution in [3.8, 4) is 16.9 Å². The second-order valence-electron chi connectivity index (χ2n) is 5.35. The molecule has 140 valence electrons. The number of halogens is 1. The van der Waals surface area contributed by atoms with Crippen molar-refractivity contribution in [2.75, 3.05) is 19.0 Å². The number of aromatic nitrogens is 3. The van der Waals surface area contributed by atoms with E-state index in [2.05, 4.69) is 15.4 Å². The van der Waals surface area contributed by atoms with Crippen molar-refractivity contribution in [1.29, 1.82) is 0 Å². The summed E-state index contributed by atoms with van der Waals surface area (Å²) in [5.41, 5.74) is 1.22. The van der Waals surface area contributed by atoms with Crippen molar-refractivity contribution in [2.24, 2.45) is 0 Å². The van der Waals surface area contributed by atoms with Gasteiger partial charge in [-0.15, -0.1) is 5.10 Å². The summed E-state index contributed by atoms with van der Waals surface area (Å²) >= 11 is 6.15. The summed E-state index contributed by atoms with van der Waals surface area (Å²) < 4.78 is 11.2. The fourth-order valence-corrected chi connectivity index (χ4v) is 2.72. The van der Waals surface area contributed by atoms with Crippen LogP contribution in [0, 0.1) is 0 Å². The molecular formula is C17H15ClN4O5. The van der Waals surface area contributed by atoms with Crippen LogP contribution < -0.4 is 10.1 Å². The lowest BCUT2D eigenvalue weighted by atomic mass is 10.1. The van der Waals surface area contributed by atoms with E-state index in [1.54, 1.807) is 31.3 Å². The summed E-state index contributed by atoms with van der Waals surface area (Å²) in [6, 6.07) is 6.53. The van der Waals surface area contributed by atoms with Crippen LogP contribution in [0.2, 0.25) is 5.02 Å². The number of pyridine rings is 1. The van der Waals surface area contributed by atoms with Crippen LogP contribution in [-0.4, -0.2) is 45.5 Å². The van der Waals surface area contributed by atoms with Gasteiger partial charge in [-0.3, -0.25) is 5.32 Å². The number of carboxylic acid groups (broad SMARTS) is 1. The lowest BCUT2D eigenvalue weighted by Crippen LogP contribution is -2.14. The average molecular weight is 391 g/mol. The predicted octanol–water partition coefficient (Wildman–Crippen LogP) is 3.32. The van der Waals surface area contributed by atoms with E-state index < -0.39 is 12.1 Å². The zero-order valence-electron chi connectivity index (χ0n) is 14.4. The number of nitrogens with one attached hydrogen (secondary N) is 1. The molecule has 0 aliphatic carbocycles. The van der Waals surface area contributed by atoms with E-state index in [0.717, 1.165) is 0 Å². The topological polar surface area (TPSA) is 115 Å². The Morgan fingerprint density at radius 3 is 2.70 bits per heavy atom. The Kier molecular flexibility index (Phi) is 5.13. The monoisotopic (exact) mass is 390 g/mol. The van der Waals surface area contributed by atoms with Crippen LogP contribution in [0.25, 0.3) is 16.8 Å². The molecule has 1 amide bonds. The molecule has 3 rings (SSSR count). The Hall–Kier alpha value is -3.33. The third-order valence-electron chi connectivity index (χ3n) is 3.64. The van der Waals surface area contributed by atoms with E-state index in [1.165, 1.54) is 17.7 Å². The quantitative estimate of drug-likeness (QED) is 0.686. The number of benzene rings is 1. The molecule has 9 nitrogen and oxygen atoms in total. The number of aromatic carboxylic acids is 1. The van der Waals surface area contributed by atoms with E-state index >= 15 is 0 Å². The molecule has 10 heteroatoms. The maximum Gasteiger partial charge on any atom is 0.414 e. The van der Waals surface area contributed by atoms with Gasteiger partial charge in [0.25, 0.3) is 5.95 Å². The number of methoxy groups -OCH3 is 1. The maximum absolute atomic E-state index is 11.7. The number of nitrogens with zero attached hydrogens (tertiary/aromatic N) is 3. The first-order valence-corrected chi connectivity index (χ1v) is 8.22. The van der Waals surface area contributed by atoms with Gasteiger partial charge in [-0.25, -0.2) is 14.1 Å². The van der Waals surface area contributed by atoms with E-state index in [9.17, 15) is 14.7 Å². The summed E-state index contributed by atoms with van der Waals surface area (Å²) in [6.45, 7) is 1.84. The second kappa shape index (κ2) is 7.50. The first-order chi connectivity index (χ1) is 12.9. The highest BCUT2D eigenvalue weighted by Crippen LogP contribution is 2.31. The first-order valence-electron chi connectivity index (χ1n) is 7.84. The van der Waals surface area contributed by atoms with Crippen molar-refractivity contribution in [3.63, 3.8) is 0 Å². The summed E-state index contributed by atoms with van der Waals surface area (Å²) in [7, 11) is 1.50. The second-order valence-corrected chi connectivity index (χ2v) is 5.75. The Morgan fingerprint density at radius 1 is 1.30 bits per heavy atom. The summed E-state index contributed by atoms with van der Waals surface area (Å²) in [5.74, 6) is -0.751. The van der Waals surface area contributed by atoms with Crippen LogP contribution in [0.1, 0.15) is 17.3 Å². The molecule has 0 radical (unpaired) electrons. The Labute approximate surface area is 158 Å². The zero-order valence-corrected chi connectivity index (χ0v) is 15.1. The van der Waals surface area contributed by atoms with Gasteiger partial charge in [0.05, 0.1) is 18.7 Å². The van der Waals surface area contributed by atoms with E-state index in [1.807, 2.05) is 0 Å². The van der Waals surface area contributed by atoms with Crippen molar-refractivity contribution < 1.29 is 24.2 Å². The lowest BCUT2D eigenvalue weighted by molar-refractivity contribution is 0.0698. The molecule has 0 aliphatic rings. The smallest absolute Gasteiger partial charge is 0.414 e. The van der Waals surface area contributed by atoms with Crippen molar-refractivity contribution in [2.45, 2.75) is 6.92 Å². The highest BCUT2D eigenvalue weighted by molar-refractivity contribution is 6.32. The largest absolute Gasteiger partial charge is 0.495 e. The Bertz CT molecular complexity index is 1030. The van der Waals surface area contributed by atoms with Gasteiger partial charge in [-0.2, -0.15) is 4.98 Å². The lowest BCUT2D eigenvalue weighted by Gasteiger charge is -2.08. The van der Waals surface area contributed by atoms with Crippen molar-refractivity contribution in [3.05, 3.63) is 41.0 Å². The van der Waals surface area contributed by atoms with E-state index in [0.29, 0.717) is 21.9 Å². The number of ether oxygens (including phenoxy) is 2. The van der Waals surface area contributed by atoms with E-state index in [-0.39, 0.29) is 23.8 Å². The van der Waals surface area contributed by atoms with Gasteiger partial charge in [0.2, 0.25) is 0 Å². The van der Waals surface area contributed by atoms with Crippen LogP contribution in [-0.2, 0) is 4.74 Å². The molecule has 0 fully saturated rings. The highest BCUT2D eigenvalue weighted by atomic mass is 35.5. The SMILES string of the molecule is CCOC(=O)Nc1nc2c(C(=O)O)cc(-c3ccc(OC)c(Cl)c3)cn2n1. The molecule has 0 bridgehead atoms. The number of fused-ring (bicyclic) bond motifs is 1. The summed E-state index contributed by atoms with van der Waals surface area (Å²) in [6.07, 6.45) is 0.857. The molecule has 0 spiro atoms. The van der Waals surface area contributed by atoms with Gasteiger partial charge in [-0.1, -0.05) is 17.7 Å². The molecule has 0 atom stereocenters. The zero-order chi connectivity index (χ0) is 19.6. The minimum Gasteiger partial charge on any atom is -0.495 e. The number of carbonyl (C=O) groups excluding carboxylic acids is 1. The number of hydrogen-bond donors (Lipinski definition) is 2. The highest BCUT2D eigenvalue weighted by Gasteiger charge is 2.18. The number of amides is 1. The van der Waals surface area contributed by atoms with Gasteiger partial charge in [0.15, 0.2) is 5.65 Å². The molecule has 0 aliphatic heterocycles. The van der Waals surface area contributed by atoms with Crippen LogP contribution in [0.5, 0.6) is 5.75 Å². The third kappa shape index (κ3) is 3.77. The van der Waals surface area contributed by atoms with Gasteiger partial charge < -0.3 is 14.6 Å². The van der Waals surface area contributed by atoms with Crippen LogP contribution in [0.3, 0.4) is 0 Å². The molecule has 1 aromatic carbocycles. The normalized spacial score (nSPS) is 10.6. The third-order valence-corrected chi connectivity index (χ3v) is 3.93. The first kappa shape index (κ1) is 18.5. The molecule has 2 heterocycles. The number of carbonyl (C=O) groups is 2. The van der Waals surface area contributed by atoms with Gasteiger partial charge in [-0.05, 0) is 30.7 Å².